The van der Waals surface area contributed by atoms with Gasteiger partial charge in [0.05, 0.1) is 0 Å². The Morgan fingerprint density at radius 3 is 2.30 bits per heavy atom. The average Bonchev–Trinajstić information content (AvgIpc) is 2.48. The summed E-state index contributed by atoms with van der Waals surface area (Å²) >= 11 is 0. The highest BCUT2D eigenvalue weighted by Gasteiger charge is 2.26. The van der Waals surface area contributed by atoms with Gasteiger partial charge in [-0.1, -0.05) is 44.2 Å². The van der Waals surface area contributed by atoms with Crippen LogP contribution in [0.2, 0.25) is 0 Å². The summed E-state index contributed by atoms with van der Waals surface area (Å²) in [5.74, 6) is 0. The van der Waals surface area contributed by atoms with E-state index in [4.69, 9.17) is 0 Å². The van der Waals surface area contributed by atoms with E-state index in [1.54, 1.807) is 6.08 Å². The quantitative estimate of drug-likeness (QED) is 0.774. The molecule has 0 aliphatic carbocycles. The van der Waals surface area contributed by atoms with Gasteiger partial charge < -0.3 is 5.11 Å². The van der Waals surface area contributed by atoms with E-state index < -0.39 is 10.0 Å². The molecule has 1 rings (SSSR count). The summed E-state index contributed by atoms with van der Waals surface area (Å²) in [5.41, 5.74) is 0.450. The van der Waals surface area contributed by atoms with Crippen LogP contribution in [-0.2, 0) is 10.0 Å². The fourth-order valence-electron chi connectivity index (χ4n) is 1.81. The Balaban J connectivity index is 2.69. The van der Waals surface area contributed by atoms with Crippen molar-refractivity contribution >= 4 is 16.1 Å². The molecule has 4 nitrogen and oxygen atoms in total. The number of aliphatic hydroxyl groups is 1. The van der Waals surface area contributed by atoms with Gasteiger partial charge in [-0.15, -0.1) is 0 Å². The van der Waals surface area contributed by atoms with E-state index in [1.807, 2.05) is 44.2 Å². The lowest BCUT2D eigenvalue weighted by Gasteiger charge is -2.29. The lowest BCUT2D eigenvalue weighted by atomic mass is 9.84. The van der Waals surface area contributed by atoms with Gasteiger partial charge in [0, 0.05) is 24.0 Å². The zero-order valence-electron chi connectivity index (χ0n) is 12.0. The molecule has 0 fully saturated rings. The van der Waals surface area contributed by atoms with Gasteiger partial charge >= 0.3 is 0 Å². The summed E-state index contributed by atoms with van der Waals surface area (Å²) in [6.07, 6.45) is 3.01. The molecule has 0 atom stereocenters. The molecule has 1 aromatic rings. The van der Waals surface area contributed by atoms with E-state index in [2.05, 4.69) is 4.72 Å². The molecular weight excluding hydrogens is 274 g/mol. The minimum atomic E-state index is -3.48. The Morgan fingerprint density at radius 2 is 1.80 bits per heavy atom. The molecular formula is C15H23NO3S. The number of hydrogen-bond acceptors (Lipinski definition) is 3. The maximum absolute atomic E-state index is 11.9. The van der Waals surface area contributed by atoms with Gasteiger partial charge in [0.15, 0.2) is 0 Å². The van der Waals surface area contributed by atoms with Crippen LogP contribution in [0.5, 0.6) is 0 Å². The smallest absolute Gasteiger partial charge is 0.233 e. The summed E-state index contributed by atoms with van der Waals surface area (Å²) < 4.78 is 26.4. The number of aliphatic hydroxyl groups excluding tert-OH is 1. The maximum Gasteiger partial charge on any atom is 0.233 e. The SMILES string of the molecule is CCC(CC)(CO)CNS(=O)(=O)/C=C/c1ccccc1. The highest BCUT2D eigenvalue weighted by Crippen LogP contribution is 2.24. The molecule has 0 spiro atoms. The average molecular weight is 297 g/mol. The first kappa shape index (κ1) is 16.9. The van der Waals surface area contributed by atoms with E-state index in [1.165, 1.54) is 0 Å². The van der Waals surface area contributed by atoms with E-state index in [-0.39, 0.29) is 18.6 Å². The van der Waals surface area contributed by atoms with Crippen LogP contribution in [0, 0.1) is 5.41 Å². The molecule has 0 unspecified atom stereocenters. The van der Waals surface area contributed by atoms with Crippen molar-refractivity contribution in [2.75, 3.05) is 13.2 Å². The number of rotatable bonds is 8. The molecule has 20 heavy (non-hydrogen) atoms. The zero-order valence-corrected chi connectivity index (χ0v) is 12.9. The van der Waals surface area contributed by atoms with Gasteiger partial charge in [-0.05, 0) is 24.5 Å². The third kappa shape index (κ3) is 5.07. The molecule has 0 bridgehead atoms. The fraction of sp³-hybridized carbons (Fsp3) is 0.467. The first-order valence-electron chi connectivity index (χ1n) is 6.80. The topological polar surface area (TPSA) is 66.4 Å². The molecule has 0 aliphatic rings. The van der Waals surface area contributed by atoms with Crippen LogP contribution in [0.3, 0.4) is 0 Å². The number of benzene rings is 1. The van der Waals surface area contributed by atoms with Gasteiger partial charge in [0.2, 0.25) is 10.0 Å². The van der Waals surface area contributed by atoms with Crippen molar-refractivity contribution in [2.45, 2.75) is 26.7 Å². The van der Waals surface area contributed by atoms with Crippen LogP contribution in [0.4, 0.5) is 0 Å². The molecule has 0 aromatic heterocycles. The largest absolute Gasteiger partial charge is 0.396 e. The van der Waals surface area contributed by atoms with Crippen molar-refractivity contribution < 1.29 is 13.5 Å². The van der Waals surface area contributed by atoms with Crippen molar-refractivity contribution in [3.05, 3.63) is 41.3 Å². The predicted octanol–water partition coefficient (Wildman–Crippen LogP) is 2.38. The highest BCUT2D eigenvalue weighted by atomic mass is 32.2. The third-order valence-electron chi connectivity index (χ3n) is 3.72. The standard InChI is InChI=1S/C15H23NO3S/c1-3-15(4-2,13-17)12-16-20(18,19)11-10-14-8-6-5-7-9-14/h5-11,16-17H,3-4,12-13H2,1-2H3/b11-10+. The van der Waals surface area contributed by atoms with Gasteiger partial charge in [-0.25, -0.2) is 13.1 Å². The zero-order chi connectivity index (χ0) is 15.1. The molecule has 0 radical (unpaired) electrons. The minimum Gasteiger partial charge on any atom is -0.396 e. The van der Waals surface area contributed by atoms with Crippen molar-refractivity contribution in [3.8, 4) is 0 Å². The molecule has 0 aliphatic heterocycles. The molecule has 1 aromatic carbocycles. The Hall–Kier alpha value is -1.17. The highest BCUT2D eigenvalue weighted by molar-refractivity contribution is 7.92. The van der Waals surface area contributed by atoms with Gasteiger partial charge in [0.25, 0.3) is 0 Å². The first-order chi connectivity index (χ1) is 9.47. The van der Waals surface area contributed by atoms with E-state index in [0.29, 0.717) is 0 Å². The Bertz CT molecular complexity index is 511. The van der Waals surface area contributed by atoms with Crippen LogP contribution in [-0.4, -0.2) is 26.7 Å². The fourth-order valence-corrected chi connectivity index (χ4v) is 2.75. The van der Waals surface area contributed by atoms with Crippen LogP contribution in [0.15, 0.2) is 35.7 Å². The molecule has 0 saturated carbocycles. The molecule has 0 heterocycles. The maximum atomic E-state index is 11.9. The Kier molecular flexibility index (Phi) is 6.39. The summed E-state index contributed by atoms with van der Waals surface area (Å²) in [7, 11) is -3.48. The van der Waals surface area contributed by atoms with E-state index in [9.17, 15) is 13.5 Å². The Labute approximate surface area is 121 Å². The Morgan fingerprint density at radius 1 is 1.20 bits per heavy atom. The van der Waals surface area contributed by atoms with Crippen molar-refractivity contribution in [2.24, 2.45) is 5.41 Å². The van der Waals surface area contributed by atoms with E-state index >= 15 is 0 Å². The number of sulfonamides is 1. The monoisotopic (exact) mass is 297 g/mol. The second-order valence-corrected chi connectivity index (χ2v) is 6.60. The predicted molar refractivity (Wildman–Crippen MR) is 82.5 cm³/mol. The molecule has 0 saturated heterocycles. The van der Waals surface area contributed by atoms with Gasteiger partial charge in [-0.2, -0.15) is 0 Å². The summed E-state index contributed by atoms with van der Waals surface area (Å²) in [4.78, 5) is 0. The first-order valence-corrected chi connectivity index (χ1v) is 8.35. The normalized spacial score (nSPS) is 12.9. The lowest BCUT2D eigenvalue weighted by molar-refractivity contribution is 0.119. The number of nitrogens with one attached hydrogen (secondary N) is 1. The second kappa shape index (κ2) is 7.57. The molecule has 5 heteroatoms. The summed E-state index contributed by atoms with van der Waals surface area (Å²) in [6, 6.07) is 9.25. The molecule has 0 amide bonds. The molecule has 112 valence electrons. The van der Waals surface area contributed by atoms with E-state index in [0.717, 1.165) is 23.8 Å². The third-order valence-corrected chi connectivity index (χ3v) is 4.76. The lowest BCUT2D eigenvalue weighted by Crippen LogP contribution is -2.38. The van der Waals surface area contributed by atoms with Crippen LogP contribution in [0.25, 0.3) is 6.08 Å². The van der Waals surface area contributed by atoms with Crippen molar-refractivity contribution in [1.29, 1.82) is 0 Å². The number of hydrogen-bond donors (Lipinski definition) is 2. The van der Waals surface area contributed by atoms with Crippen LogP contribution < -0.4 is 4.72 Å². The van der Waals surface area contributed by atoms with Gasteiger partial charge in [0.1, 0.15) is 0 Å². The minimum absolute atomic E-state index is 0.0229. The molecule has 2 N–H and O–H groups in total. The van der Waals surface area contributed by atoms with Crippen LogP contribution >= 0.6 is 0 Å². The van der Waals surface area contributed by atoms with Crippen LogP contribution in [0.1, 0.15) is 32.3 Å². The summed E-state index contributed by atoms with van der Waals surface area (Å²) in [5, 5.41) is 10.6. The van der Waals surface area contributed by atoms with Crippen molar-refractivity contribution in [3.63, 3.8) is 0 Å². The van der Waals surface area contributed by atoms with Gasteiger partial charge in [-0.3, -0.25) is 0 Å². The summed E-state index contributed by atoms with van der Waals surface area (Å²) in [6.45, 7) is 4.13. The second-order valence-electron chi connectivity index (χ2n) is 4.94. The van der Waals surface area contributed by atoms with Crippen molar-refractivity contribution in [1.82, 2.24) is 4.72 Å².